The van der Waals surface area contributed by atoms with Crippen LogP contribution in [0.5, 0.6) is 5.75 Å². The molecule has 132 valence electrons. The van der Waals surface area contributed by atoms with Crippen molar-refractivity contribution in [2.24, 2.45) is 11.7 Å². The number of ether oxygens (including phenoxy) is 1. The van der Waals surface area contributed by atoms with Gasteiger partial charge in [0.25, 0.3) is 5.91 Å². The van der Waals surface area contributed by atoms with Crippen molar-refractivity contribution >= 4 is 11.8 Å². The third-order valence-corrected chi connectivity index (χ3v) is 4.09. The van der Waals surface area contributed by atoms with Crippen LogP contribution < -0.4 is 10.5 Å². The van der Waals surface area contributed by atoms with Gasteiger partial charge < -0.3 is 15.4 Å². The van der Waals surface area contributed by atoms with Gasteiger partial charge in [-0.25, -0.2) is 0 Å². The Balaban J connectivity index is 2.19. The molecule has 0 aliphatic carbocycles. The van der Waals surface area contributed by atoms with Gasteiger partial charge in [-0.1, -0.05) is 12.1 Å². The van der Waals surface area contributed by atoms with E-state index in [0.717, 1.165) is 4.90 Å². The van der Waals surface area contributed by atoms with Crippen molar-refractivity contribution in [2.75, 3.05) is 19.7 Å². The fourth-order valence-corrected chi connectivity index (χ4v) is 3.02. The molecule has 1 aromatic carbocycles. The average molecular weight is 340 g/mol. The molecule has 0 radical (unpaired) electrons. The van der Waals surface area contributed by atoms with Gasteiger partial charge in [0.1, 0.15) is 5.75 Å². The topological polar surface area (TPSA) is 72.6 Å². The number of rotatable bonds is 6. The Labute approximate surface area is 139 Å². The van der Waals surface area contributed by atoms with Crippen molar-refractivity contribution < 1.29 is 23.1 Å². The zero-order chi connectivity index (χ0) is 17.7. The second kappa shape index (κ2) is 7.59. The molecule has 1 aromatic rings. The fourth-order valence-electron chi connectivity index (χ4n) is 3.02. The monoisotopic (exact) mass is 340 g/mol. The van der Waals surface area contributed by atoms with Crippen LogP contribution in [-0.4, -0.2) is 36.4 Å². The van der Waals surface area contributed by atoms with E-state index in [9.17, 15) is 18.4 Å². The number of piperidine rings is 1. The summed E-state index contributed by atoms with van der Waals surface area (Å²) in [6.07, 6.45) is 1.38. The van der Waals surface area contributed by atoms with Crippen LogP contribution in [0.1, 0.15) is 31.7 Å². The minimum atomic E-state index is -3.68. The van der Waals surface area contributed by atoms with Crippen LogP contribution in [0, 0.1) is 5.92 Å². The Hall–Kier alpha value is -2.18. The van der Waals surface area contributed by atoms with Gasteiger partial charge in [0.2, 0.25) is 5.91 Å². The van der Waals surface area contributed by atoms with E-state index in [0.29, 0.717) is 12.8 Å². The van der Waals surface area contributed by atoms with Crippen LogP contribution in [-0.2, 0) is 15.5 Å². The van der Waals surface area contributed by atoms with Crippen LogP contribution in [0.4, 0.5) is 8.78 Å². The standard InChI is InChI=1S/C17H22F2N2O3/c1-2-24-14-8-4-3-7-13(14)17(18,19)16(23)21-9-5-6-12(11-21)10-15(20)22/h3-4,7-8,12H,2,5-6,9-11H2,1H3,(H2,20,22)/t12-/m0/s1. The molecule has 1 saturated heterocycles. The molecule has 24 heavy (non-hydrogen) atoms. The number of likely N-dealkylation sites (tertiary alicyclic amines) is 1. The number of nitrogens with two attached hydrogens (primary N) is 1. The molecule has 0 saturated carbocycles. The summed E-state index contributed by atoms with van der Waals surface area (Å²) in [6.45, 7) is 2.29. The predicted molar refractivity (Wildman–Crippen MR) is 84.6 cm³/mol. The summed E-state index contributed by atoms with van der Waals surface area (Å²) in [6, 6.07) is 5.66. The molecule has 2 amide bonds. The van der Waals surface area contributed by atoms with Crippen LogP contribution in [0.25, 0.3) is 0 Å². The predicted octanol–water partition coefficient (Wildman–Crippen LogP) is 2.29. The molecule has 1 aliphatic rings. The zero-order valence-electron chi connectivity index (χ0n) is 13.6. The molecule has 1 atom stereocenters. The number of halogens is 2. The van der Waals surface area contributed by atoms with Gasteiger partial charge in [-0.15, -0.1) is 0 Å². The third-order valence-electron chi connectivity index (χ3n) is 4.09. The highest BCUT2D eigenvalue weighted by Crippen LogP contribution is 2.37. The minimum Gasteiger partial charge on any atom is -0.493 e. The number of alkyl halides is 2. The normalized spacial score (nSPS) is 18.3. The van der Waals surface area contributed by atoms with E-state index < -0.39 is 23.3 Å². The number of hydrogen-bond acceptors (Lipinski definition) is 3. The summed E-state index contributed by atoms with van der Waals surface area (Å²) in [4.78, 5) is 24.6. The quantitative estimate of drug-likeness (QED) is 0.863. The molecule has 7 heteroatoms. The van der Waals surface area contributed by atoms with E-state index in [1.54, 1.807) is 13.0 Å². The van der Waals surface area contributed by atoms with Gasteiger partial charge in [-0.2, -0.15) is 8.78 Å². The molecule has 5 nitrogen and oxygen atoms in total. The molecule has 0 unspecified atom stereocenters. The lowest BCUT2D eigenvalue weighted by molar-refractivity contribution is -0.161. The maximum Gasteiger partial charge on any atom is 0.353 e. The number of carbonyl (C=O) groups excluding carboxylic acids is 2. The number of benzene rings is 1. The molecule has 0 bridgehead atoms. The molecule has 1 fully saturated rings. The molecule has 2 N–H and O–H groups in total. The third kappa shape index (κ3) is 4.01. The van der Waals surface area contributed by atoms with Gasteiger partial charge >= 0.3 is 5.92 Å². The van der Waals surface area contributed by atoms with Crippen molar-refractivity contribution in [1.29, 1.82) is 0 Å². The van der Waals surface area contributed by atoms with E-state index in [1.165, 1.54) is 18.2 Å². The fraction of sp³-hybridized carbons (Fsp3) is 0.529. The molecular formula is C17H22F2N2O3. The van der Waals surface area contributed by atoms with Crippen LogP contribution >= 0.6 is 0 Å². The van der Waals surface area contributed by atoms with Gasteiger partial charge in [-0.3, -0.25) is 9.59 Å². The highest BCUT2D eigenvalue weighted by molar-refractivity contribution is 5.86. The second-order valence-electron chi connectivity index (χ2n) is 5.93. The first kappa shape index (κ1) is 18.2. The second-order valence-corrected chi connectivity index (χ2v) is 5.93. The first-order valence-electron chi connectivity index (χ1n) is 8.04. The number of carbonyl (C=O) groups is 2. The number of amides is 2. The average Bonchev–Trinajstić information content (AvgIpc) is 2.54. The smallest absolute Gasteiger partial charge is 0.353 e. The number of hydrogen-bond donors (Lipinski definition) is 1. The van der Waals surface area contributed by atoms with Crippen molar-refractivity contribution in [2.45, 2.75) is 32.1 Å². The van der Waals surface area contributed by atoms with Gasteiger partial charge in [0, 0.05) is 19.5 Å². The molecule has 2 rings (SSSR count). The van der Waals surface area contributed by atoms with Crippen LogP contribution in [0.2, 0.25) is 0 Å². The van der Waals surface area contributed by atoms with E-state index in [1.807, 2.05) is 0 Å². The maximum atomic E-state index is 14.7. The molecule has 0 aromatic heterocycles. The Morgan fingerprint density at radius 1 is 1.38 bits per heavy atom. The lowest BCUT2D eigenvalue weighted by Gasteiger charge is -2.34. The Bertz CT molecular complexity index is 607. The number of nitrogens with zero attached hydrogens (tertiary/aromatic N) is 1. The Morgan fingerprint density at radius 2 is 2.08 bits per heavy atom. The molecule has 0 spiro atoms. The van der Waals surface area contributed by atoms with E-state index >= 15 is 0 Å². The van der Waals surface area contributed by atoms with E-state index in [4.69, 9.17) is 10.5 Å². The zero-order valence-corrected chi connectivity index (χ0v) is 13.6. The summed E-state index contributed by atoms with van der Waals surface area (Å²) < 4.78 is 34.7. The van der Waals surface area contributed by atoms with Crippen molar-refractivity contribution in [3.05, 3.63) is 29.8 Å². The summed E-state index contributed by atoms with van der Waals surface area (Å²) in [7, 11) is 0. The van der Waals surface area contributed by atoms with Crippen LogP contribution in [0.15, 0.2) is 24.3 Å². The molecule has 1 aliphatic heterocycles. The largest absolute Gasteiger partial charge is 0.493 e. The maximum absolute atomic E-state index is 14.7. The minimum absolute atomic E-state index is 0.00375. The Kier molecular flexibility index (Phi) is 5.75. The van der Waals surface area contributed by atoms with Crippen molar-refractivity contribution in [3.8, 4) is 5.75 Å². The molecular weight excluding hydrogens is 318 g/mol. The van der Waals surface area contributed by atoms with Crippen molar-refractivity contribution in [1.82, 2.24) is 4.90 Å². The summed E-state index contributed by atoms with van der Waals surface area (Å²) in [5.74, 6) is -5.59. The summed E-state index contributed by atoms with van der Waals surface area (Å²) in [5, 5.41) is 0. The van der Waals surface area contributed by atoms with Crippen molar-refractivity contribution in [3.63, 3.8) is 0 Å². The van der Waals surface area contributed by atoms with Gasteiger partial charge in [0.05, 0.1) is 12.2 Å². The van der Waals surface area contributed by atoms with Crippen LogP contribution in [0.3, 0.4) is 0 Å². The first-order chi connectivity index (χ1) is 11.4. The highest BCUT2D eigenvalue weighted by atomic mass is 19.3. The van der Waals surface area contributed by atoms with E-state index in [-0.39, 0.29) is 37.8 Å². The first-order valence-corrected chi connectivity index (χ1v) is 8.04. The summed E-state index contributed by atoms with van der Waals surface area (Å²) in [5.41, 5.74) is 4.73. The lowest BCUT2D eigenvalue weighted by Crippen LogP contribution is -2.47. The highest BCUT2D eigenvalue weighted by Gasteiger charge is 2.46. The summed E-state index contributed by atoms with van der Waals surface area (Å²) >= 11 is 0. The van der Waals surface area contributed by atoms with Gasteiger partial charge in [-0.05, 0) is 37.8 Å². The SMILES string of the molecule is CCOc1ccccc1C(F)(F)C(=O)N1CCC[C@@H](CC(N)=O)C1. The van der Waals surface area contributed by atoms with Gasteiger partial charge in [0.15, 0.2) is 0 Å². The number of primary amides is 1. The number of para-hydroxylation sites is 1. The molecule has 1 heterocycles. The van der Waals surface area contributed by atoms with E-state index in [2.05, 4.69) is 0 Å². The Morgan fingerprint density at radius 3 is 2.75 bits per heavy atom. The lowest BCUT2D eigenvalue weighted by atomic mass is 9.93.